The molecule has 3 aliphatic heterocycles. The number of carbonyl (C=O) groups excluding carboxylic acids is 1. The summed E-state index contributed by atoms with van der Waals surface area (Å²) in [5.74, 6) is -6.17. The highest BCUT2D eigenvalue weighted by Gasteiger charge is 2.61. The fourth-order valence-electron chi connectivity index (χ4n) is 7.14. The van der Waals surface area contributed by atoms with E-state index in [4.69, 9.17) is 28.8 Å². The quantitative estimate of drug-likeness (QED) is 0.0732. The van der Waals surface area contributed by atoms with Crippen LogP contribution in [-0.4, -0.2) is 141 Å². The molecule has 3 rings (SSSR count). The highest BCUT2D eigenvalue weighted by atomic mass is 16.7. The van der Waals surface area contributed by atoms with E-state index < -0.39 is 90.7 Å². The number of methoxy groups -OCH3 is 1. The minimum Gasteiger partial charge on any atom is -0.478 e. The van der Waals surface area contributed by atoms with Crippen molar-refractivity contribution in [1.82, 2.24) is 5.32 Å². The van der Waals surface area contributed by atoms with Gasteiger partial charge in [-0.3, -0.25) is 4.79 Å². The van der Waals surface area contributed by atoms with Crippen LogP contribution in [0.3, 0.4) is 0 Å². The van der Waals surface area contributed by atoms with Crippen molar-refractivity contribution in [2.45, 2.75) is 128 Å². The van der Waals surface area contributed by atoms with E-state index in [1.165, 1.54) is 6.08 Å². The van der Waals surface area contributed by atoms with Gasteiger partial charge >= 0.3 is 5.97 Å². The number of ether oxygens (including phenoxy) is 5. The Morgan fingerprint density at radius 2 is 1.61 bits per heavy atom. The Morgan fingerprint density at radius 1 is 0.930 bits per heavy atom. The molecule has 0 aliphatic carbocycles. The Kier molecular flexibility index (Phi) is 18.7. The van der Waals surface area contributed by atoms with Crippen molar-refractivity contribution in [3.05, 3.63) is 84.6 Å². The Hall–Kier alpha value is -3.32. The average molecular weight is 806 g/mol. The molecule has 5 unspecified atom stereocenters. The molecule has 0 aromatic heterocycles. The lowest BCUT2D eigenvalue weighted by molar-refractivity contribution is -0.365. The topological polar surface area (TPSA) is 234 Å². The van der Waals surface area contributed by atoms with Crippen LogP contribution in [0.2, 0.25) is 0 Å². The van der Waals surface area contributed by atoms with Crippen molar-refractivity contribution in [2.75, 3.05) is 20.3 Å². The summed E-state index contributed by atoms with van der Waals surface area (Å²) in [5.41, 5.74) is -0.221. The van der Waals surface area contributed by atoms with Crippen LogP contribution < -0.4 is 5.32 Å². The third-order valence-electron chi connectivity index (χ3n) is 10.8. The zero-order chi connectivity index (χ0) is 42.5. The van der Waals surface area contributed by atoms with Gasteiger partial charge in [-0.1, -0.05) is 93.7 Å². The third kappa shape index (κ3) is 12.8. The summed E-state index contributed by atoms with van der Waals surface area (Å²) >= 11 is 0. The largest absolute Gasteiger partial charge is 0.478 e. The first kappa shape index (κ1) is 48.1. The van der Waals surface area contributed by atoms with Crippen LogP contribution in [0.5, 0.6) is 0 Å². The lowest BCUT2D eigenvalue weighted by Gasteiger charge is -2.53. The minimum atomic E-state index is -2.62. The molecule has 1 amide bonds. The third-order valence-corrected chi connectivity index (χ3v) is 10.8. The molecule has 57 heavy (non-hydrogen) atoms. The molecule has 320 valence electrons. The summed E-state index contributed by atoms with van der Waals surface area (Å²) in [7, 11) is 1.58. The van der Waals surface area contributed by atoms with E-state index in [9.17, 15) is 40.2 Å². The van der Waals surface area contributed by atoms with Gasteiger partial charge in [-0.2, -0.15) is 0 Å². The Morgan fingerprint density at radius 3 is 2.26 bits per heavy atom. The molecule has 0 bridgehead atoms. The highest BCUT2D eigenvalue weighted by molar-refractivity contribution is 5.80. The Balaban J connectivity index is 1.72. The van der Waals surface area contributed by atoms with Crippen LogP contribution >= 0.6 is 0 Å². The summed E-state index contributed by atoms with van der Waals surface area (Å²) in [6, 6.07) is 0. The number of rotatable bonds is 18. The van der Waals surface area contributed by atoms with Crippen molar-refractivity contribution in [3.8, 4) is 0 Å². The van der Waals surface area contributed by atoms with Gasteiger partial charge < -0.3 is 64.7 Å². The maximum atomic E-state index is 13.8. The van der Waals surface area contributed by atoms with Crippen LogP contribution in [0, 0.1) is 17.3 Å². The van der Waals surface area contributed by atoms with Crippen molar-refractivity contribution < 1.29 is 69.0 Å². The number of amides is 1. The zero-order valence-corrected chi connectivity index (χ0v) is 33.8. The van der Waals surface area contributed by atoms with Gasteiger partial charge in [0.2, 0.25) is 11.7 Å². The number of carbonyl (C=O) groups is 2. The second-order valence-electron chi connectivity index (χ2n) is 15.4. The van der Waals surface area contributed by atoms with Gasteiger partial charge in [-0.25, -0.2) is 4.79 Å². The van der Waals surface area contributed by atoms with Gasteiger partial charge in [-0.05, 0) is 26.3 Å². The lowest BCUT2D eigenvalue weighted by Crippen LogP contribution is -2.70. The van der Waals surface area contributed by atoms with E-state index in [1.54, 1.807) is 88.6 Å². The first-order valence-electron chi connectivity index (χ1n) is 19.3. The predicted molar refractivity (Wildman–Crippen MR) is 210 cm³/mol. The molecular weight excluding hydrogens is 742 g/mol. The molecule has 0 saturated carbocycles. The molecule has 0 aromatic rings. The molecule has 0 radical (unpaired) electrons. The smallest absolute Gasteiger partial charge is 0.328 e. The number of aliphatic carboxylic acids is 1. The molecule has 14 atom stereocenters. The Bertz CT molecular complexity index is 1510. The van der Waals surface area contributed by atoms with Crippen molar-refractivity contribution in [2.24, 2.45) is 17.3 Å². The molecule has 3 fully saturated rings. The molecule has 8 N–H and O–H groups in total. The van der Waals surface area contributed by atoms with E-state index >= 15 is 0 Å². The summed E-state index contributed by atoms with van der Waals surface area (Å²) in [5, 5.41) is 76.9. The van der Waals surface area contributed by atoms with E-state index in [1.807, 2.05) is 26.8 Å². The second kappa shape index (κ2) is 22.2. The van der Waals surface area contributed by atoms with Gasteiger partial charge in [0, 0.05) is 43.9 Å². The second-order valence-corrected chi connectivity index (χ2v) is 15.4. The Labute approximate surface area is 335 Å². The predicted octanol–water partition coefficient (Wildman–Crippen LogP) is 1.99. The van der Waals surface area contributed by atoms with Gasteiger partial charge in [-0.15, -0.1) is 0 Å². The standard InChI is InChI=1S/C42H63NO14/c1-8-9-12-19-33-41(5,6)38(49)39(50)42(52,57-33)28(24-54-35-23-30(45)36(48)27(4)55-35)40(51)43-21-16-15-17-25(2)37(53-7)26(3)32-22-29(44)31(56-32)18-13-10-11-14-20-34(46)47/h8-20,26-33,35-39,44-45,48-50,52H,21-24H2,1-7H3,(H,43,51)(H,46,47)/b9-8-,11-10+,16-15+,18-13+,19-12+,20-14+,25-17+/t26?,27-,28+,29?,30-,31?,32?,33-,35+,36+,37?,38-,39+,42+/m0/s1. The summed E-state index contributed by atoms with van der Waals surface area (Å²) in [6.07, 6.45) is 10.8. The molecule has 15 nitrogen and oxygen atoms in total. The number of hydrogen-bond acceptors (Lipinski definition) is 13. The molecule has 3 saturated heterocycles. The average Bonchev–Trinajstić information content (AvgIpc) is 3.53. The lowest BCUT2D eigenvalue weighted by atomic mass is 9.71. The SMILES string of the molecule is C/C=C\C=C\[C@@H]1O[C@](O)([C@H](CO[C@H]2C[C@H](O)[C@H](O)[C@H](C)O2)C(=O)NC/C=C/C=C(\C)C(OC)C(C)C2CC(O)C(/C=C/C=C/C=C/C(=O)O)O2)[C@H](O)[C@H](O)C1(C)C. The number of aliphatic hydroxyl groups is 6. The van der Waals surface area contributed by atoms with Crippen LogP contribution in [-0.2, 0) is 33.3 Å². The van der Waals surface area contributed by atoms with E-state index in [-0.39, 0.29) is 31.1 Å². The van der Waals surface area contributed by atoms with E-state index in [2.05, 4.69) is 5.32 Å². The molecule has 0 spiro atoms. The number of nitrogens with one attached hydrogen (secondary N) is 1. The van der Waals surface area contributed by atoms with Gasteiger partial charge in [0.15, 0.2) is 6.29 Å². The molecule has 3 aliphatic rings. The van der Waals surface area contributed by atoms with Crippen molar-refractivity contribution >= 4 is 11.9 Å². The fraction of sp³-hybridized carbons (Fsp3) is 0.619. The van der Waals surface area contributed by atoms with E-state index in [0.29, 0.717) is 6.42 Å². The highest BCUT2D eigenvalue weighted by Crippen LogP contribution is 2.44. The molecule has 15 heteroatoms. The van der Waals surface area contributed by atoms with Gasteiger partial charge in [0.25, 0.3) is 0 Å². The zero-order valence-electron chi connectivity index (χ0n) is 33.8. The van der Waals surface area contributed by atoms with Crippen LogP contribution in [0.25, 0.3) is 0 Å². The number of carboxylic acids is 1. The van der Waals surface area contributed by atoms with Crippen LogP contribution in [0.15, 0.2) is 84.6 Å². The summed E-state index contributed by atoms with van der Waals surface area (Å²) in [6.45, 7) is 10.0. The fourth-order valence-corrected chi connectivity index (χ4v) is 7.14. The monoisotopic (exact) mass is 805 g/mol. The first-order chi connectivity index (χ1) is 26.9. The minimum absolute atomic E-state index is 0.00841. The first-order valence-corrected chi connectivity index (χ1v) is 19.3. The summed E-state index contributed by atoms with van der Waals surface area (Å²) in [4.78, 5) is 24.4. The number of allylic oxidation sites excluding steroid dienone is 9. The molecular formula is C42H63NO14. The maximum absolute atomic E-state index is 13.8. The molecule has 0 aromatic carbocycles. The number of aliphatic hydroxyl groups excluding tert-OH is 5. The van der Waals surface area contributed by atoms with Crippen LogP contribution in [0.4, 0.5) is 0 Å². The van der Waals surface area contributed by atoms with Crippen molar-refractivity contribution in [1.29, 1.82) is 0 Å². The van der Waals surface area contributed by atoms with Gasteiger partial charge in [0.1, 0.15) is 24.2 Å². The van der Waals surface area contributed by atoms with Gasteiger partial charge in [0.05, 0.1) is 49.3 Å². The number of hydrogen-bond donors (Lipinski definition) is 8. The number of carboxylic acid groups (broad SMARTS) is 1. The van der Waals surface area contributed by atoms with Crippen molar-refractivity contribution in [3.63, 3.8) is 0 Å². The molecule has 3 heterocycles. The maximum Gasteiger partial charge on any atom is 0.328 e. The summed E-state index contributed by atoms with van der Waals surface area (Å²) < 4.78 is 29.5. The normalized spacial score (nSPS) is 35.6. The van der Waals surface area contributed by atoms with E-state index in [0.717, 1.165) is 11.6 Å². The van der Waals surface area contributed by atoms with Crippen LogP contribution in [0.1, 0.15) is 54.4 Å².